The molecule has 0 fully saturated rings. The number of pyridine rings is 1. The number of nitrogens with one attached hydrogen (secondary N) is 1. The zero-order valence-electron chi connectivity index (χ0n) is 13.9. The maximum Gasteiger partial charge on any atom is 0.242 e. The van der Waals surface area contributed by atoms with Gasteiger partial charge in [0.1, 0.15) is 11.5 Å². The Hall–Kier alpha value is -2.84. The number of rotatable bonds is 8. The molecule has 0 spiro atoms. The van der Waals surface area contributed by atoms with Crippen LogP contribution in [0.2, 0.25) is 0 Å². The van der Waals surface area contributed by atoms with E-state index in [9.17, 15) is 4.79 Å². The van der Waals surface area contributed by atoms with Crippen molar-refractivity contribution in [1.29, 1.82) is 0 Å². The number of hydrogen-bond acceptors (Lipinski definition) is 7. The number of anilines is 2. The summed E-state index contributed by atoms with van der Waals surface area (Å²) in [5.74, 6) is 0.201. The molecule has 0 radical (unpaired) electrons. The number of carbonyl (C=O) groups excluding carboxylic acids is 1. The lowest BCUT2D eigenvalue weighted by Crippen LogP contribution is -2.35. The lowest BCUT2D eigenvalue weighted by molar-refractivity contribution is -0.117. The second-order valence-corrected chi connectivity index (χ2v) is 5.52. The molecule has 0 unspecified atom stereocenters. The van der Waals surface area contributed by atoms with Gasteiger partial charge in [0.2, 0.25) is 5.91 Å². The fourth-order valence-corrected chi connectivity index (χ4v) is 2.09. The van der Waals surface area contributed by atoms with Crippen LogP contribution in [-0.4, -0.2) is 23.5 Å². The Labute approximate surface area is 146 Å². The Morgan fingerprint density at radius 1 is 1.12 bits per heavy atom. The number of nitrogens with zero attached hydrogens (tertiary/aromatic N) is 3. The van der Waals surface area contributed by atoms with Gasteiger partial charge in [-0.05, 0) is 43.7 Å². The molecule has 0 aliphatic rings. The quantitative estimate of drug-likeness (QED) is 0.430. The van der Waals surface area contributed by atoms with E-state index < -0.39 is 6.04 Å². The maximum absolute atomic E-state index is 12.0. The predicted molar refractivity (Wildman–Crippen MR) is 98.8 cm³/mol. The molecule has 8 nitrogen and oxygen atoms in total. The van der Waals surface area contributed by atoms with E-state index >= 15 is 0 Å². The van der Waals surface area contributed by atoms with Gasteiger partial charge in [0.15, 0.2) is 5.82 Å². The van der Waals surface area contributed by atoms with Crippen LogP contribution < -0.4 is 22.5 Å². The first-order valence-corrected chi connectivity index (χ1v) is 8.10. The summed E-state index contributed by atoms with van der Waals surface area (Å²) >= 11 is 0. The first-order valence-electron chi connectivity index (χ1n) is 8.10. The first-order chi connectivity index (χ1) is 12.1. The van der Waals surface area contributed by atoms with Crippen LogP contribution in [0.4, 0.5) is 23.0 Å². The molecule has 1 amide bonds. The second-order valence-electron chi connectivity index (χ2n) is 5.52. The van der Waals surface area contributed by atoms with Crippen LogP contribution in [0.15, 0.2) is 52.7 Å². The van der Waals surface area contributed by atoms with Crippen LogP contribution in [0, 0.1) is 0 Å². The Balaban J connectivity index is 1.97. The number of azo groups is 1. The van der Waals surface area contributed by atoms with Gasteiger partial charge in [-0.3, -0.25) is 4.79 Å². The smallest absolute Gasteiger partial charge is 0.242 e. The number of amides is 1. The molecular weight excluding hydrogens is 318 g/mol. The number of aromatic nitrogens is 1. The van der Waals surface area contributed by atoms with Crippen molar-refractivity contribution in [1.82, 2.24) is 4.98 Å². The van der Waals surface area contributed by atoms with Crippen LogP contribution in [0.5, 0.6) is 0 Å². The van der Waals surface area contributed by atoms with Crippen molar-refractivity contribution in [3.8, 4) is 0 Å². The molecule has 0 aliphatic heterocycles. The highest BCUT2D eigenvalue weighted by Crippen LogP contribution is 2.24. The van der Waals surface area contributed by atoms with Crippen LogP contribution in [-0.2, 0) is 4.79 Å². The van der Waals surface area contributed by atoms with Crippen molar-refractivity contribution in [2.75, 3.05) is 17.6 Å². The summed E-state index contributed by atoms with van der Waals surface area (Å²) in [6.45, 7) is 0.589. The molecule has 0 saturated carbocycles. The number of carbonyl (C=O) groups is 1. The lowest BCUT2D eigenvalue weighted by Gasteiger charge is -2.12. The van der Waals surface area contributed by atoms with Gasteiger partial charge in [0.25, 0.3) is 0 Å². The minimum Gasteiger partial charge on any atom is -0.382 e. The third-order valence-corrected chi connectivity index (χ3v) is 3.49. The standard InChI is InChI=1S/C17H23N7O/c18-11-5-4-8-13(19)17(25)22-15-10-9-14(16(20)21-15)24-23-12-6-2-1-3-7-12/h1-3,6-7,9-10,13H,4-5,8,11,18-19H2,(H3,20,21,22,25)/b24-23+/t13-/m0/s1. The minimum atomic E-state index is -0.605. The monoisotopic (exact) mass is 341 g/mol. The Bertz CT molecular complexity index is 718. The van der Waals surface area contributed by atoms with Gasteiger partial charge in [-0.15, -0.1) is 5.11 Å². The van der Waals surface area contributed by atoms with E-state index in [0.717, 1.165) is 12.8 Å². The van der Waals surface area contributed by atoms with E-state index in [1.54, 1.807) is 12.1 Å². The molecule has 0 saturated heterocycles. The zero-order valence-corrected chi connectivity index (χ0v) is 13.9. The lowest BCUT2D eigenvalue weighted by atomic mass is 10.1. The van der Waals surface area contributed by atoms with Gasteiger partial charge in [-0.2, -0.15) is 5.11 Å². The number of unbranched alkanes of at least 4 members (excludes halogenated alkanes) is 1. The highest BCUT2D eigenvalue weighted by molar-refractivity contribution is 5.94. The minimum absolute atomic E-state index is 0.175. The number of hydrogen-bond donors (Lipinski definition) is 4. The summed E-state index contributed by atoms with van der Waals surface area (Å²) in [4.78, 5) is 16.1. The molecule has 0 aliphatic carbocycles. The molecular formula is C17H23N7O. The summed E-state index contributed by atoms with van der Waals surface area (Å²) < 4.78 is 0. The van der Waals surface area contributed by atoms with Gasteiger partial charge in [0.05, 0.1) is 11.7 Å². The van der Waals surface area contributed by atoms with E-state index in [-0.39, 0.29) is 11.7 Å². The van der Waals surface area contributed by atoms with Crippen LogP contribution in [0.3, 0.4) is 0 Å². The molecule has 7 N–H and O–H groups in total. The van der Waals surface area contributed by atoms with Crippen molar-refractivity contribution in [3.63, 3.8) is 0 Å². The van der Waals surface area contributed by atoms with Crippen LogP contribution >= 0.6 is 0 Å². The van der Waals surface area contributed by atoms with Crippen molar-refractivity contribution in [2.24, 2.45) is 21.7 Å². The van der Waals surface area contributed by atoms with Crippen LogP contribution in [0.1, 0.15) is 19.3 Å². The summed E-state index contributed by atoms with van der Waals surface area (Å²) in [7, 11) is 0. The molecule has 1 heterocycles. The zero-order chi connectivity index (χ0) is 18.1. The Morgan fingerprint density at radius 2 is 1.88 bits per heavy atom. The summed E-state index contributed by atoms with van der Waals surface area (Å²) in [5, 5.41) is 10.8. The van der Waals surface area contributed by atoms with Crippen molar-refractivity contribution in [2.45, 2.75) is 25.3 Å². The number of nitrogens with two attached hydrogens (primary N) is 3. The molecule has 25 heavy (non-hydrogen) atoms. The van der Waals surface area contributed by atoms with Gasteiger partial charge in [-0.25, -0.2) is 4.98 Å². The number of nitrogen functional groups attached to an aromatic ring is 1. The van der Waals surface area contributed by atoms with Crippen molar-refractivity contribution < 1.29 is 4.79 Å². The van der Waals surface area contributed by atoms with Crippen molar-refractivity contribution >= 4 is 28.9 Å². The second kappa shape index (κ2) is 9.45. The summed E-state index contributed by atoms with van der Waals surface area (Å²) in [6, 6.07) is 11.9. The van der Waals surface area contributed by atoms with Gasteiger partial charge in [-0.1, -0.05) is 24.6 Å². The average Bonchev–Trinajstić information content (AvgIpc) is 2.62. The number of benzene rings is 1. The van der Waals surface area contributed by atoms with E-state index in [1.165, 1.54) is 0 Å². The third kappa shape index (κ3) is 5.94. The normalized spacial score (nSPS) is 12.2. The van der Waals surface area contributed by atoms with E-state index in [2.05, 4.69) is 20.5 Å². The first kappa shape index (κ1) is 18.5. The van der Waals surface area contributed by atoms with E-state index in [4.69, 9.17) is 17.2 Å². The highest BCUT2D eigenvalue weighted by atomic mass is 16.2. The van der Waals surface area contributed by atoms with E-state index in [0.29, 0.717) is 30.2 Å². The maximum atomic E-state index is 12.0. The summed E-state index contributed by atoms with van der Waals surface area (Å²) in [5.41, 5.74) is 18.3. The molecule has 1 aromatic carbocycles. The fraction of sp³-hybridized carbons (Fsp3) is 0.294. The topological polar surface area (TPSA) is 145 Å². The van der Waals surface area contributed by atoms with Gasteiger partial charge < -0.3 is 22.5 Å². The fourth-order valence-electron chi connectivity index (χ4n) is 2.09. The molecule has 8 heteroatoms. The largest absolute Gasteiger partial charge is 0.382 e. The molecule has 2 rings (SSSR count). The summed E-state index contributed by atoms with van der Waals surface area (Å²) in [6.07, 6.45) is 2.22. The molecule has 1 atom stereocenters. The predicted octanol–water partition coefficient (Wildman–Crippen LogP) is 2.47. The molecule has 0 bridgehead atoms. The molecule has 1 aromatic heterocycles. The van der Waals surface area contributed by atoms with Gasteiger partial charge >= 0.3 is 0 Å². The van der Waals surface area contributed by atoms with E-state index in [1.807, 2.05) is 30.3 Å². The van der Waals surface area contributed by atoms with Crippen LogP contribution in [0.25, 0.3) is 0 Å². The Morgan fingerprint density at radius 3 is 2.56 bits per heavy atom. The molecule has 132 valence electrons. The van der Waals surface area contributed by atoms with Gasteiger partial charge in [0, 0.05) is 0 Å². The van der Waals surface area contributed by atoms with Crippen molar-refractivity contribution in [3.05, 3.63) is 42.5 Å². The highest BCUT2D eigenvalue weighted by Gasteiger charge is 2.14. The SMILES string of the molecule is NCCCC[C@H](N)C(=O)Nc1ccc(/N=N/c2ccccc2)c(N)n1. The Kier molecular flexibility index (Phi) is 7.00. The molecule has 2 aromatic rings. The average molecular weight is 341 g/mol. The third-order valence-electron chi connectivity index (χ3n) is 3.49.